The van der Waals surface area contributed by atoms with Crippen LogP contribution in [0.3, 0.4) is 0 Å². The van der Waals surface area contributed by atoms with Gasteiger partial charge in [0.1, 0.15) is 0 Å². The molecule has 0 aliphatic rings. The van der Waals surface area contributed by atoms with E-state index in [1.165, 1.54) is 16.3 Å². The summed E-state index contributed by atoms with van der Waals surface area (Å²) in [4.78, 5) is 3.61. The van der Waals surface area contributed by atoms with E-state index in [-0.39, 0.29) is 0 Å². The number of sulfonamides is 1. The number of nitrogens with one attached hydrogen (secondary N) is 2. The van der Waals surface area contributed by atoms with Gasteiger partial charge in [0.25, 0.3) is 10.0 Å². The molecule has 0 atom stereocenters. The van der Waals surface area contributed by atoms with E-state index in [9.17, 15) is 8.42 Å². The van der Waals surface area contributed by atoms with Crippen molar-refractivity contribution in [1.82, 2.24) is 15.2 Å². The summed E-state index contributed by atoms with van der Waals surface area (Å²) in [5.74, 6) is 0. The monoisotopic (exact) mass is 263 g/mol. The third kappa shape index (κ3) is 3.53. The van der Waals surface area contributed by atoms with Gasteiger partial charge in [-0.25, -0.2) is 13.4 Å². The molecule has 0 unspecified atom stereocenters. The van der Waals surface area contributed by atoms with Gasteiger partial charge < -0.3 is 5.32 Å². The normalized spacial score (nSPS) is 12.2. The zero-order valence-corrected chi connectivity index (χ0v) is 11.3. The van der Waals surface area contributed by atoms with Crippen LogP contribution in [0.1, 0.15) is 11.8 Å². The van der Waals surface area contributed by atoms with Crippen LogP contribution >= 0.6 is 11.3 Å². The minimum absolute atomic E-state index is 0.354. The lowest BCUT2D eigenvalue weighted by Gasteiger charge is -2.12. The van der Waals surface area contributed by atoms with Gasteiger partial charge in [0.05, 0.1) is 4.90 Å². The van der Waals surface area contributed by atoms with Crippen LogP contribution in [0.5, 0.6) is 0 Å². The van der Waals surface area contributed by atoms with E-state index in [1.54, 1.807) is 25.5 Å². The van der Waals surface area contributed by atoms with Crippen LogP contribution in [-0.2, 0) is 16.6 Å². The molecule has 92 valence electrons. The van der Waals surface area contributed by atoms with Gasteiger partial charge in [-0.3, -0.25) is 0 Å². The van der Waals surface area contributed by atoms with E-state index in [4.69, 9.17) is 0 Å². The van der Waals surface area contributed by atoms with Crippen molar-refractivity contribution >= 4 is 21.4 Å². The summed E-state index contributed by atoms with van der Waals surface area (Å²) in [5, 5.41) is 6.33. The van der Waals surface area contributed by atoms with Gasteiger partial charge in [-0.2, -0.15) is 0 Å². The van der Waals surface area contributed by atoms with Gasteiger partial charge in [0.15, 0.2) is 0 Å². The van der Waals surface area contributed by atoms with Gasteiger partial charge in [-0.15, -0.1) is 16.2 Å². The van der Waals surface area contributed by atoms with Crippen LogP contribution in [0, 0.1) is 0 Å². The lowest BCUT2D eigenvalue weighted by atomic mass is 10.4. The van der Waals surface area contributed by atoms with Crippen molar-refractivity contribution in [1.29, 1.82) is 0 Å². The highest BCUT2D eigenvalue weighted by Gasteiger charge is 2.19. The fourth-order valence-corrected chi connectivity index (χ4v) is 3.72. The highest BCUT2D eigenvalue weighted by molar-refractivity contribution is 7.89. The van der Waals surface area contributed by atoms with Gasteiger partial charge in [0, 0.05) is 25.5 Å². The number of rotatable bonds is 6. The molecule has 0 amide bonds. The summed E-state index contributed by atoms with van der Waals surface area (Å²) in [7, 11) is -0.138. The molecule has 7 heteroatoms. The van der Waals surface area contributed by atoms with Crippen molar-refractivity contribution < 1.29 is 8.42 Å². The van der Waals surface area contributed by atoms with E-state index in [0.717, 1.165) is 11.4 Å². The van der Waals surface area contributed by atoms with E-state index in [2.05, 4.69) is 10.1 Å². The molecule has 5 nitrogen and oxygen atoms in total. The Balaban J connectivity index is 2.90. The average molecular weight is 263 g/mol. The second-order valence-electron chi connectivity index (χ2n) is 3.48. The second-order valence-corrected chi connectivity index (χ2v) is 6.11. The topological polar surface area (TPSA) is 61.4 Å². The van der Waals surface area contributed by atoms with Crippen LogP contribution < -0.4 is 10.1 Å². The van der Waals surface area contributed by atoms with Crippen LogP contribution in [0.25, 0.3) is 0 Å². The molecule has 0 radical (unpaired) electrons. The van der Waals surface area contributed by atoms with Crippen LogP contribution in [0.2, 0.25) is 0 Å². The SMILES string of the molecule is CCNCc1sccc1S(=O)(=O)NN(C)C. The molecule has 0 aromatic carbocycles. The highest BCUT2D eigenvalue weighted by Crippen LogP contribution is 2.21. The Labute approximate surface area is 100 Å². The van der Waals surface area contributed by atoms with Crippen LogP contribution in [0.4, 0.5) is 0 Å². The molecule has 0 spiro atoms. The smallest absolute Gasteiger partial charge is 0.254 e. The summed E-state index contributed by atoms with van der Waals surface area (Å²) in [6, 6.07) is 1.63. The average Bonchev–Trinajstić information content (AvgIpc) is 2.61. The van der Waals surface area contributed by atoms with Crippen molar-refractivity contribution in [3.8, 4) is 0 Å². The van der Waals surface area contributed by atoms with Crippen molar-refractivity contribution in [2.75, 3.05) is 20.6 Å². The van der Waals surface area contributed by atoms with Gasteiger partial charge in [-0.1, -0.05) is 6.92 Å². The molecule has 16 heavy (non-hydrogen) atoms. The molecule has 0 aliphatic heterocycles. The molecule has 1 aromatic rings. The Bertz CT molecular complexity index is 426. The molecule has 0 fully saturated rings. The molecule has 0 bridgehead atoms. The zero-order valence-electron chi connectivity index (χ0n) is 9.65. The lowest BCUT2D eigenvalue weighted by molar-refractivity contribution is 0.364. The van der Waals surface area contributed by atoms with E-state index < -0.39 is 10.0 Å². The summed E-state index contributed by atoms with van der Waals surface area (Å²) < 4.78 is 23.8. The fraction of sp³-hybridized carbons (Fsp3) is 0.556. The van der Waals surface area contributed by atoms with Crippen molar-refractivity contribution in [2.24, 2.45) is 0 Å². The predicted molar refractivity (Wildman–Crippen MR) is 65.7 cm³/mol. The molecule has 0 saturated carbocycles. The standard InChI is InChI=1S/C9H17N3O2S2/c1-4-10-7-8-9(5-6-15-8)16(13,14)11-12(2)3/h5-6,10-11H,4,7H2,1-3H3. The Morgan fingerprint density at radius 2 is 2.12 bits per heavy atom. The summed E-state index contributed by atoms with van der Waals surface area (Å²) >= 11 is 1.44. The number of hydrazine groups is 1. The van der Waals surface area contributed by atoms with Crippen LogP contribution in [0.15, 0.2) is 16.3 Å². The minimum atomic E-state index is -3.43. The van der Waals surface area contributed by atoms with Crippen LogP contribution in [-0.4, -0.2) is 34.1 Å². The first-order valence-electron chi connectivity index (χ1n) is 4.94. The Morgan fingerprint density at radius 3 is 2.69 bits per heavy atom. The van der Waals surface area contributed by atoms with E-state index >= 15 is 0 Å². The lowest BCUT2D eigenvalue weighted by Crippen LogP contribution is -2.36. The maximum absolute atomic E-state index is 11.9. The number of nitrogens with zero attached hydrogens (tertiary/aromatic N) is 1. The number of hydrogen-bond donors (Lipinski definition) is 2. The molecule has 0 saturated heterocycles. The Kier molecular flexibility index (Phi) is 4.88. The molecule has 1 aromatic heterocycles. The van der Waals surface area contributed by atoms with Crippen molar-refractivity contribution in [3.05, 3.63) is 16.3 Å². The molecular formula is C9H17N3O2S2. The first-order valence-corrected chi connectivity index (χ1v) is 7.30. The fourth-order valence-electron chi connectivity index (χ4n) is 1.23. The van der Waals surface area contributed by atoms with E-state index in [1.807, 2.05) is 6.92 Å². The number of hydrogen-bond acceptors (Lipinski definition) is 5. The summed E-state index contributed by atoms with van der Waals surface area (Å²) in [6.45, 7) is 3.39. The van der Waals surface area contributed by atoms with Gasteiger partial charge >= 0.3 is 0 Å². The zero-order chi connectivity index (χ0) is 12.2. The molecule has 1 heterocycles. The largest absolute Gasteiger partial charge is 0.312 e. The number of thiophene rings is 1. The summed E-state index contributed by atoms with van der Waals surface area (Å²) in [6.07, 6.45) is 0. The first kappa shape index (κ1) is 13.6. The van der Waals surface area contributed by atoms with E-state index in [0.29, 0.717) is 11.4 Å². The Morgan fingerprint density at radius 1 is 1.44 bits per heavy atom. The molecule has 2 N–H and O–H groups in total. The highest BCUT2D eigenvalue weighted by atomic mass is 32.2. The Hall–Kier alpha value is -0.470. The van der Waals surface area contributed by atoms with Gasteiger partial charge in [-0.05, 0) is 18.0 Å². The summed E-state index contributed by atoms with van der Waals surface area (Å²) in [5.41, 5.74) is 0. The minimum Gasteiger partial charge on any atom is -0.312 e. The third-order valence-corrected chi connectivity index (χ3v) is 4.45. The van der Waals surface area contributed by atoms with Gasteiger partial charge in [0.2, 0.25) is 0 Å². The first-order chi connectivity index (χ1) is 7.47. The quantitative estimate of drug-likeness (QED) is 0.738. The van der Waals surface area contributed by atoms with Crippen molar-refractivity contribution in [2.45, 2.75) is 18.4 Å². The maximum Gasteiger partial charge on any atom is 0.254 e. The second kappa shape index (κ2) is 5.74. The van der Waals surface area contributed by atoms with Crippen molar-refractivity contribution in [3.63, 3.8) is 0 Å². The maximum atomic E-state index is 11.9. The molecule has 1 rings (SSSR count). The third-order valence-electron chi connectivity index (χ3n) is 1.83. The predicted octanol–water partition coefficient (Wildman–Crippen LogP) is 0.612. The molecule has 0 aliphatic carbocycles. The molecular weight excluding hydrogens is 246 g/mol.